The Morgan fingerprint density at radius 3 is 2.22 bits per heavy atom. The lowest BCUT2D eigenvalue weighted by Gasteiger charge is -2.29. The molecule has 92 valence electrons. The fourth-order valence-corrected chi connectivity index (χ4v) is 3.26. The maximum atomic E-state index is 11.8. The molecule has 3 unspecified atom stereocenters. The lowest BCUT2D eigenvalue weighted by Crippen LogP contribution is -2.26. The van der Waals surface area contributed by atoms with Crippen molar-refractivity contribution in [3.8, 4) is 0 Å². The highest BCUT2D eigenvalue weighted by molar-refractivity contribution is 6.68. The normalized spacial score (nSPS) is 31.6. The highest BCUT2D eigenvalue weighted by atomic mass is 16.2. The van der Waals surface area contributed by atoms with Crippen LogP contribution in [0.4, 0.5) is 0 Å². The van der Waals surface area contributed by atoms with E-state index < -0.39 is 17.3 Å². The molecule has 0 saturated heterocycles. The molecule has 0 N–H and O–H groups in total. The van der Waals surface area contributed by atoms with Gasteiger partial charge in [-0.1, -0.05) is 30.3 Å². The van der Waals surface area contributed by atoms with Crippen molar-refractivity contribution in [1.29, 1.82) is 0 Å². The minimum absolute atomic E-state index is 0.301. The van der Waals surface area contributed by atoms with E-state index >= 15 is 0 Å². The molecule has 2 saturated carbocycles. The monoisotopic (exact) mass is 242 g/mol. The van der Waals surface area contributed by atoms with Crippen molar-refractivity contribution in [2.75, 3.05) is 0 Å². The van der Waals surface area contributed by atoms with E-state index in [1.165, 1.54) is 5.56 Å². The van der Waals surface area contributed by atoms with Gasteiger partial charge in [-0.25, -0.2) is 0 Å². The second-order valence-corrected chi connectivity index (χ2v) is 5.19. The average molecular weight is 242 g/mol. The Morgan fingerprint density at radius 1 is 0.833 bits per heavy atom. The minimum atomic E-state index is -0.765. The first-order valence-electron chi connectivity index (χ1n) is 6.36. The maximum absolute atomic E-state index is 11.8. The largest absolute Gasteiger partial charge is 0.290 e. The van der Waals surface area contributed by atoms with Crippen molar-refractivity contribution in [2.24, 2.45) is 11.8 Å². The fraction of sp³-hybridized carbons (Fsp3) is 0.400. The summed E-state index contributed by atoms with van der Waals surface area (Å²) >= 11 is 0. The molecule has 3 nitrogen and oxygen atoms in total. The Balaban J connectivity index is 1.84. The molecule has 3 heteroatoms. The molecule has 2 aliphatic carbocycles. The molecule has 0 spiro atoms. The van der Waals surface area contributed by atoms with Gasteiger partial charge in [0.1, 0.15) is 0 Å². The molecular formula is C15H14O3. The molecule has 0 aromatic heterocycles. The van der Waals surface area contributed by atoms with Gasteiger partial charge in [0.05, 0.1) is 0 Å². The van der Waals surface area contributed by atoms with Crippen LogP contribution in [-0.4, -0.2) is 17.3 Å². The highest BCUT2D eigenvalue weighted by Crippen LogP contribution is 2.43. The number of carbonyl (C=O) groups excluding carboxylic acids is 3. The maximum Gasteiger partial charge on any atom is 0.264 e. The van der Waals surface area contributed by atoms with E-state index in [0.717, 1.165) is 6.42 Å². The zero-order valence-corrected chi connectivity index (χ0v) is 9.96. The number of fused-ring (bicyclic) bond motifs is 1. The molecule has 1 aromatic carbocycles. The molecule has 3 atom stereocenters. The van der Waals surface area contributed by atoms with Gasteiger partial charge in [0.25, 0.3) is 5.78 Å². The number of hydrogen-bond acceptors (Lipinski definition) is 3. The molecule has 2 fully saturated rings. The zero-order chi connectivity index (χ0) is 12.7. The van der Waals surface area contributed by atoms with E-state index in [4.69, 9.17) is 0 Å². The second kappa shape index (κ2) is 4.16. The van der Waals surface area contributed by atoms with Crippen LogP contribution in [0.15, 0.2) is 30.3 Å². The Labute approximate surface area is 105 Å². The van der Waals surface area contributed by atoms with Gasteiger partial charge < -0.3 is 0 Å². The second-order valence-electron chi connectivity index (χ2n) is 5.19. The first-order valence-corrected chi connectivity index (χ1v) is 6.36. The minimum Gasteiger partial charge on any atom is -0.290 e. The van der Waals surface area contributed by atoms with Gasteiger partial charge in [0.2, 0.25) is 11.6 Å². The van der Waals surface area contributed by atoms with Crippen molar-refractivity contribution in [3.63, 3.8) is 0 Å². The Hall–Kier alpha value is -1.77. The summed E-state index contributed by atoms with van der Waals surface area (Å²) in [6, 6.07) is 10.0. The van der Waals surface area contributed by atoms with Gasteiger partial charge in [-0.05, 0) is 30.7 Å². The number of Topliss-reactive ketones (excluding diaryl/α,β-unsaturated/α-hetero) is 3. The summed E-state index contributed by atoms with van der Waals surface area (Å²) in [7, 11) is 0. The number of carbonyl (C=O) groups is 3. The van der Waals surface area contributed by atoms with E-state index in [-0.39, 0.29) is 11.8 Å². The average Bonchev–Trinajstić information content (AvgIpc) is 2.65. The van der Waals surface area contributed by atoms with E-state index in [9.17, 15) is 14.4 Å². The predicted octanol–water partition coefficient (Wildman–Crippen LogP) is 1.91. The molecule has 0 bridgehead atoms. The predicted molar refractivity (Wildman–Crippen MR) is 65.0 cm³/mol. The number of hydrogen-bond donors (Lipinski definition) is 0. The van der Waals surface area contributed by atoms with Gasteiger partial charge in [0, 0.05) is 11.8 Å². The zero-order valence-electron chi connectivity index (χ0n) is 9.96. The Kier molecular flexibility index (Phi) is 2.62. The summed E-state index contributed by atoms with van der Waals surface area (Å²) in [4.78, 5) is 34.8. The number of ketones is 3. The van der Waals surface area contributed by atoms with Crippen molar-refractivity contribution in [3.05, 3.63) is 35.9 Å². The number of rotatable bonds is 1. The smallest absolute Gasteiger partial charge is 0.264 e. The van der Waals surface area contributed by atoms with Crippen LogP contribution in [0.1, 0.15) is 30.7 Å². The highest BCUT2D eigenvalue weighted by Gasteiger charge is 2.50. The molecule has 0 aliphatic heterocycles. The van der Waals surface area contributed by atoms with E-state index in [1.54, 1.807) is 0 Å². The van der Waals surface area contributed by atoms with Crippen molar-refractivity contribution >= 4 is 17.3 Å². The first kappa shape index (κ1) is 11.3. The van der Waals surface area contributed by atoms with Gasteiger partial charge in [-0.2, -0.15) is 0 Å². The van der Waals surface area contributed by atoms with Crippen molar-refractivity contribution in [2.45, 2.75) is 25.2 Å². The third-order valence-electron chi connectivity index (χ3n) is 4.24. The summed E-state index contributed by atoms with van der Waals surface area (Å²) in [5, 5.41) is 0. The van der Waals surface area contributed by atoms with E-state index in [2.05, 4.69) is 0 Å². The topological polar surface area (TPSA) is 51.2 Å². The quantitative estimate of drug-likeness (QED) is 0.707. The summed E-state index contributed by atoms with van der Waals surface area (Å²) in [5.74, 6) is -2.05. The van der Waals surface area contributed by atoms with Crippen LogP contribution in [0.2, 0.25) is 0 Å². The Morgan fingerprint density at radius 2 is 1.50 bits per heavy atom. The molecule has 18 heavy (non-hydrogen) atoms. The van der Waals surface area contributed by atoms with Crippen LogP contribution in [0.5, 0.6) is 0 Å². The summed E-state index contributed by atoms with van der Waals surface area (Å²) in [6.07, 6.45) is 2.20. The molecule has 0 amide bonds. The van der Waals surface area contributed by atoms with Gasteiger partial charge in [-0.3, -0.25) is 14.4 Å². The lowest BCUT2D eigenvalue weighted by atomic mass is 9.73. The molecule has 2 aliphatic rings. The van der Waals surface area contributed by atoms with Crippen molar-refractivity contribution < 1.29 is 14.4 Å². The molecule has 1 aromatic rings. The SMILES string of the molecule is O=C1C(=O)C2CCC(c3ccccc3)CC2C1=O. The van der Waals surface area contributed by atoms with Crippen molar-refractivity contribution in [1.82, 2.24) is 0 Å². The summed E-state index contributed by atoms with van der Waals surface area (Å²) < 4.78 is 0. The van der Waals surface area contributed by atoms with Crippen LogP contribution in [0.3, 0.4) is 0 Å². The van der Waals surface area contributed by atoms with E-state index in [0.29, 0.717) is 18.8 Å². The first-order chi connectivity index (χ1) is 8.68. The molecule has 0 radical (unpaired) electrons. The van der Waals surface area contributed by atoms with Crippen LogP contribution in [-0.2, 0) is 14.4 Å². The third-order valence-corrected chi connectivity index (χ3v) is 4.24. The number of benzene rings is 1. The van der Waals surface area contributed by atoms with Gasteiger partial charge in [0.15, 0.2) is 0 Å². The molecule has 0 heterocycles. The van der Waals surface area contributed by atoms with Gasteiger partial charge in [-0.15, -0.1) is 0 Å². The van der Waals surface area contributed by atoms with Crippen LogP contribution in [0.25, 0.3) is 0 Å². The third kappa shape index (κ3) is 1.62. The summed E-state index contributed by atoms with van der Waals surface area (Å²) in [5.41, 5.74) is 1.20. The Bertz CT molecular complexity index is 518. The fourth-order valence-electron chi connectivity index (χ4n) is 3.26. The molecule has 3 rings (SSSR count). The van der Waals surface area contributed by atoms with Crippen LogP contribution in [0, 0.1) is 11.8 Å². The van der Waals surface area contributed by atoms with Crippen LogP contribution < -0.4 is 0 Å². The molecular weight excluding hydrogens is 228 g/mol. The van der Waals surface area contributed by atoms with E-state index in [1.807, 2.05) is 30.3 Å². The lowest BCUT2D eigenvalue weighted by molar-refractivity contribution is -0.141. The summed E-state index contributed by atoms with van der Waals surface area (Å²) in [6.45, 7) is 0. The van der Waals surface area contributed by atoms with Crippen LogP contribution >= 0.6 is 0 Å². The standard InChI is InChI=1S/C15H14O3/c16-13-11-7-6-10(9-4-2-1-3-5-9)8-12(11)14(17)15(13)18/h1-5,10-12H,6-8H2. The van der Waals surface area contributed by atoms with Gasteiger partial charge >= 0.3 is 0 Å².